The van der Waals surface area contributed by atoms with E-state index in [4.69, 9.17) is 10.8 Å². The Morgan fingerprint density at radius 1 is 1.33 bits per heavy atom. The van der Waals surface area contributed by atoms with E-state index >= 15 is 0 Å². The Bertz CT molecular complexity index is 469. The number of nitrogen functional groups attached to an aromatic ring is 1. The molecule has 0 bridgehead atoms. The van der Waals surface area contributed by atoms with E-state index in [2.05, 4.69) is 5.32 Å². The number of nitrogens with one attached hydrogen (secondary N) is 1. The van der Waals surface area contributed by atoms with Crippen molar-refractivity contribution in [1.82, 2.24) is 5.32 Å². The SMILES string of the molecule is Cc1c(N)cccc1C(=O)NC(C(=O)O)C(C)C. The Kier molecular flexibility index (Phi) is 4.31. The van der Waals surface area contributed by atoms with Gasteiger partial charge >= 0.3 is 5.97 Å². The lowest BCUT2D eigenvalue weighted by Gasteiger charge is -2.18. The van der Waals surface area contributed by atoms with Crippen molar-refractivity contribution < 1.29 is 14.7 Å². The fourth-order valence-electron chi connectivity index (χ4n) is 1.63. The summed E-state index contributed by atoms with van der Waals surface area (Å²) >= 11 is 0. The summed E-state index contributed by atoms with van der Waals surface area (Å²) in [5.41, 5.74) is 7.29. The number of carboxylic acids is 1. The van der Waals surface area contributed by atoms with Gasteiger partial charge in [-0.05, 0) is 30.5 Å². The highest BCUT2D eigenvalue weighted by molar-refractivity contribution is 5.98. The topological polar surface area (TPSA) is 92.4 Å². The van der Waals surface area contributed by atoms with E-state index in [1.165, 1.54) is 0 Å². The van der Waals surface area contributed by atoms with Crippen molar-refractivity contribution >= 4 is 17.6 Å². The summed E-state index contributed by atoms with van der Waals surface area (Å²) < 4.78 is 0. The van der Waals surface area contributed by atoms with Crippen molar-refractivity contribution in [2.24, 2.45) is 5.92 Å². The van der Waals surface area contributed by atoms with E-state index in [0.717, 1.165) is 0 Å². The van der Waals surface area contributed by atoms with Crippen LogP contribution in [0.5, 0.6) is 0 Å². The number of anilines is 1. The third-order valence-corrected chi connectivity index (χ3v) is 2.84. The van der Waals surface area contributed by atoms with Gasteiger partial charge < -0.3 is 16.2 Å². The van der Waals surface area contributed by atoms with Gasteiger partial charge in [-0.3, -0.25) is 4.79 Å². The van der Waals surface area contributed by atoms with Crippen LogP contribution in [-0.2, 0) is 4.79 Å². The second kappa shape index (κ2) is 5.53. The van der Waals surface area contributed by atoms with E-state index in [9.17, 15) is 9.59 Å². The monoisotopic (exact) mass is 250 g/mol. The Balaban J connectivity index is 2.94. The molecule has 0 saturated heterocycles. The highest BCUT2D eigenvalue weighted by atomic mass is 16.4. The number of rotatable bonds is 4. The second-order valence-corrected chi connectivity index (χ2v) is 4.55. The van der Waals surface area contributed by atoms with Crippen molar-refractivity contribution in [2.75, 3.05) is 5.73 Å². The maximum Gasteiger partial charge on any atom is 0.326 e. The molecule has 0 saturated carbocycles. The standard InChI is InChI=1S/C13H18N2O3/c1-7(2)11(13(17)18)15-12(16)9-5-4-6-10(14)8(9)3/h4-7,11H,14H2,1-3H3,(H,15,16)(H,17,18). The number of benzene rings is 1. The predicted molar refractivity (Wildman–Crippen MR) is 69.3 cm³/mol. The number of carbonyl (C=O) groups excluding carboxylic acids is 1. The molecule has 1 unspecified atom stereocenters. The zero-order valence-corrected chi connectivity index (χ0v) is 10.7. The van der Waals surface area contributed by atoms with Crippen LogP contribution in [0.3, 0.4) is 0 Å². The number of aliphatic carboxylic acids is 1. The van der Waals surface area contributed by atoms with Crippen LogP contribution >= 0.6 is 0 Å². The van der Waals surface area contributed by atoms with E-state index in [1.54, 1.807) is 39.0 Å². The Hall–Kier alpha value is -2.04. The summed E-state index contributed by atoms with van der Waals surface area (Å²) in [5, 5.41) is 11.5. The highest BCUT2D eigenvalue weighted by Crippen LogP contribution is 2.16. The van der Waals surface area contributed by atoms with Gasteiger partial charge in [-0.1, -0.05) is 19.9 Å². The number of carbonyl (C=O) groups is 2. The average molecular weight is 250 g/mol. The molecule has 0 aliphatic rings. The Morgan fingerprint density at radius 2 is 1.94 bits per heavy atom. The lowest BCUT2D eigenvalue weighted by molar-refractivity contribution is -0.140. The van der Waals surface area contributed by atoms with Gasteiger partial charge in [-0.25, -0.2) is 4.79 Å². The number of carboxylic acid groups (broad SMARTS) is 1. The molecule has 0 aromatic heterocycles. The highest BCUT2D eigenvalue weighted by Gasteiger charge is 2.24. The van der Waals surface area contributed by atoms with Crippen LogP contribution in [0.15, 0.2) is 18.2 Å². The first-order valence-corrected chi connectivity index (χ1v) is 5.73. The van der Waals surface area contributed by atoms with Gasteiger partial charge in [0.15, 0.2) is 0 Å². The van der Waals surface area contributed by atoms with Gasteiger partial charge in [0.25, 0.3) is 5.91 Å². The fourth-order valence-corrected chi connectivity index (χ4v) is 1.63. The Labute approximate surface area is 106 Å². The molecule has 0 heterocycles. The molecule has 1 rings (SSSR count). The Morgan fingerprint density at radius 3 is 2.44 bits per heavy atom. The molecule has 1 atom stereocenters. The van der Waals surface area contributed by atoms with Crippen molar-refractivity contribution in [1.29, 1.82) is 0 Å². The molecule has 0 radical (unpaired) electrons. The fraction of sp³-hybridized carbons (Fsp3) is 0.385. The van der Waals surface area contributed by atoms with Crippen molar-refractivity contribution in [3.63, 3.8) is 0 Å². The number of hydrogen-bond acceptors (Lipinski definition) is 3. The normalized spacial score (nSPS) is 12.2. The molecular weight excluding hydrogens is 232 g/mol. The molecule has 5 nitrogen and oxygen atoms in total. The molecule has 18 heavy (non-hydrogen) atoms. The molecular formula is C13H18N2O3. The molecule has 0 fully saturated rings. The van der Waals surface area contributed by atoms with E-state index in [0.29, 0.717) is 16.8 Å². The third-order valence-electron chi connectivity index (χ3n) is 2.84. The summed E-state index contributed by atoms with van der Waals surface area (Å²) in [6.45, 7) is 5.21. The van der Waals surface area contributed by atoms with Crippen LogP contribution in [-0.4, -0.2) is 23.0 Å². The van der Waals surface area contributed by atoms with Crippen LogP contribution in [0.2, 0.25) is 0 Å². The first-order valence-electron chi connectivity index (χ1n) is 5.73. The van der Waals surface area contributed by atoms with Gasteiger partial charge in [-0.15, -0.1) is 0 Å². The number of nitrogens with two attached hydrogens (primary N) is 1. The molecule has 5 heteroatoms. The predicted octanol–water partition coefficient (Wildman–Crippen LogP) is 1.42. The van der Waals surface area contributed by atoms with Crippen LogP contribution in [0.1, 0.15) is 29.8 Å². The van der Waals surface area contributed by atoms with E-state index in [-0.39, 0.29) is 5.92 Å². The van der Waals surface area contributed by atoms with Gasteiger partial charge in [-0.2, -0.15) is 0 Å². The molecule has 1 amide bonds. The minimum atomic E-state index is -1.04. The van der Waals surface area contributed by atoms with Gasteiger partial charge in [0.05, 0.1) is 0 Å². The van der Waals surface area contributed by atoms with E-state index in [1.807, 2.05) is 0 Å². The number of amides is 1. The van der Waals surface area contributed by atoms with Gasteiger partial charge in [0.2, 0.25) is 0 Å². The van der Waals surface area contributed by atoms with Crippen LogP contribution in [0, 0.1) is 12.8 Å². The van der Waals surface area contributed by atoms with Crippen molar-refractivity contribution in [3.05, 3.63) is 29.3 Å². The summed E-state index contributed by atoms with van der Waals surface area (Å²) in [7, 11) is 0. The molecule has 0 aliphatic heterocycles. The summed E-state index contributed by atoms with van der Waals surface area (Å²) in [6, 6.07) is 4.09. The van der Waals surface area contributed by atoms with Gasteiger partial charge in [0, 0.05) is 11.3 Å². The van der Waals surface area contributed by atoms with Gasteiger partial charge in [0.1, 0.15) is 6.04 Å². The molecule has 0 aliphatic carbocycles. The smallest absolute Gasteiger partial charge is 0.326 e. The third kappa shape index (κ3) is 3.00. The number of hydrogen-bond donors (Lipinski definition) is 3. The first-order chi connectivity index (χ1) is 8.34. The van der Waals surface area contributed by atoms with Crippen molar-refractivity contribution in [2.45, 2.75) is 26.8 Å². The minimum Gasteiger partial charge on any atom is -0.480 e. The molecule has 1 aromatic rings. The zero-order valence-electron chi connectivity index (χ0n) is 10.7. The lowest BCUT2D eigenvalue weighted by Crippen LogP contribution is -2.44. The maximum absolute atomic E-state index is 12.0. The maximum atomic E-state index is 12.0. The summed E-state index contributed by atoms with van der Waals surface area (Å²) in [6.07, 6.45) is 0. The second-order valence-electron chi connectivity index (χ2n) is 4.55. The zero-order chi connectivity index (χ0) is 13.9. The molecule has 1 aromatic carbocycles. The average Bonchev–Trinajstić information content (AvgIpc) is 2.28. The quantitative estimate of drug-likeness (QED) is 0.704. The summed E-state index contributed by atoms with van der Waals surface area (Å²) in [4.78, 5) is 23.0. The minimum absolute atomic E-state index is 0.187. The lowest BCUT2D eigenvalue weighted by atomic mass is 10.0. The largest absolute Gasteiger partial charge is 0.480 e. The summed E-state index contributed by atoms with van der Waals surface area (Å²) in [5.74, 6) is -1.64. The van der Waals surface area contributed by atoms with Crippen LogP contribution < -0.4 is 11.1 Å². The first kappa shape index (κ1) is 14.0. The van der Waals surface area contributed by atoms with Crippen LogP contribution in [0.4, 0.5) is 5.69 Å². The molecule has 4 N–H and O–H groups in total. The van der Waals surface area contributed by atoms with Crippen LogP contribution in [0.25, 0.3) is 0 Å². The van der Waals surface area contributed by atoms with Crippen molar-refractivity contribution in [3.8, 4) is 0 Å². The molecule has 0 spiro atoms. The molecule has 98 valence electrons. The van der Waals surface area contributed by atoms with E-state index < -0.39 is 17.9 Å².